The minimum absolute atomic E-state index is 0.134. The topological polar surface area (TPSA) is 41.6 Å². The lowest BCUT2D eigenvalue weighted by Gasteiger charge is -2.34. The van der Waals surface area contributed by atoms with Crippen molar-refractivity contribution in [3.8, 4) is 0 Å². The summed E-state index contributed by atoms with van der Waals surface area (Å²) in [7, 11) is 0. The van der Waals surface area contributed by atoms with Crippen LogP contribution in [0.3, 0.4) is 0 Å². The van der Waals surface area contributed by atoms with Crippen LogP contribution in [-0.4, -0.2) is 43.2 Å². The lowest BCUT2D eigenvalue weighted by molar-refractivity contribution is -0.137. The van der Waals surface area contributed by atoms with E-state index in [-0.39, 0.29) is 11.9 Å². The van der Waals surface area contributed by atoms with Gasteiger partial charge in [0.15, 0.2) is 0 Å². The van der Waals surface area contributed by atoms with Crippen LogP contribution in [0.5, 0.6) is 0 Å². The zero-order valence-corrected chi connectivity index (χ0v) is 9.20. The predicted octanol–water partition coefficient (Wildman–Crippen LogP) is 0.173. The molecule has 0 bridgehead atoms. The predicted molar refractivity (Wildman–Crippen MR) is 54.0 cm³/mol. The van der Waals surface area contributed by atoms with Crippen molar-refractivity contribution in [1.82, 2.24) is 8.43 Å². The minimum Gasteiger partial charge on any atom is -0.377 e. The normalized spacial score (nSPS) is 24.2. The van der Waals surface area contributed by atoms with Crippen molar-refractivity contribution >= 4 is 28.8 Å². The molecule has 1 amide bonds. The molecule has 1 aliphatic heterocycles. The SMILES string of the molecule is CC(=O)N1CCOCC1CNI. The molecule has 4 nitrogen and oxygen atoms in total. The third-order valence-electron chi connectivity index (χ3n) is 1.94. The highest BCUT2D eigenvalue weighted by Gasteiger charge is 2.23. The maximum absolute atomic E-state index is 11.1. The van der Waals surface area contributed by atoms with Crippen molar-refractivity contribution in [2.75, 3.05) is 26.3 Å². The van der Waals surface area contributed by atoms with Gasteiger partial charge < -0.3 is 9.64 Å². The molecule has 1 N–H and O–H groups in total. The number of nitrogens with one attached hydrogen (secondary N) is 1. The van der Waals surface area contributed by atoms with E-state index in [1.165, 1.54) is 0 Å². The Kier molecular flexibility index (Phi) is 4.24. The molecule has 70 valence electrons. The van der Waals surface area contributed by atoms with Crippen LogP contribution in [0.1, 0.15) is 6.92 Å². The van der Waals surface area contributed by atoms with Crippen LogP contribution in [0.4, 0.5) is 0 Å². The fraction of sp³-hybridized carbons (Fsp3) is 0.857. The summed E-state index contributed by atoms with van der Waals surface area (Å²) in [5, 5.41) is 0. The van der Waals surface area contributed by atoms with Gasteiger partial charge in [-0.1, -0.05) is 0 Å². The van der Waals surface area contributed by atoms with Gasteiger partial charge >= 0.3 is 0 Å². The summed E-state index contributed by atoms with van der Waals surface area (Å²) in [6, 6.07) is 0.202. The summed E-state index contributed by atoms with van der Waals surface area (Å²) in [6.07, 6.45) is 0. The highest BCUT2D eigenvalue weighted by atomic mass is 127. The van der Waals surface area contributed by atoms with Crippen molar-refractivity contribution in [1.29, 1.82) is 0 Å². The lowest BCUT2D eigenvalue weighted by atomic mass is 10.2. The van der Waals surface area contributed by atoms with Crippen LogP contribution in [0, 0.1) is 0 Å². The number of hydrogen-bond donors (Lipinski definition) is 1. The van der Waals surface area contributed by atoms with Crippen LogP contribution >= 0.6 is 22.9 Å². The zero-order chi connectivity index (χ0) is 8.97. The Labute approximate surface area is 86.1 Å². The summed E-state index contributed by atoms with van der Waals surface area (Å²) in [6.45, 7) is 4.43. The number of ether oxygens (including phenoxy) is 1. The van der Waals surface area contributed by atoms with E-state index in [9.17, 15) is 4.79 Å². The molecule has 1 fully saturated rings. The van der Waals surface area contributed by atoms with E-state index >= 15 is 0 Å². The van der Waals surface area contributed by atoms with Crippen molar-refractivity contribution in [2.24, 2.45) is 0 Å². The van der Waals surface area contributed by atoms with E-state index in [0.717, 1.165) is 13.1 Å². The molecule has 1 atom stereocenters. The highest BCUT2D eigenvalue weighted by molar-refractivity contribution is 14.1. The van der Waals surface area contributed by atoms with E-state index in [4.69, 9.17) is 4.74 Å². The fourth-order valence-electron chi connectivity index (χ4n) is 1.33. The van der Waals surface area contributed by atoms with E-state index < -0.39 is 0 Å². The molecule has 0 aromatic heterocycles. The van der Waals surface area contributed by atoms with Gasteiger partial charge in [-0.15, -0.1) is 0 Å². The molecule has 1 rings (SSSR count). The van der Waals surface area contributed by atoms with Gasteiger partial charge in [0, 0.05) is 42.9 Å². The lowest BCUT2D eigenvalue weighted by Crippen LogP contribution is -2.51. The third-order valence-corrected chi connectivity index (χ3v) is 2.39. The molecule has 5 heteroatoms. The molecule has 0 spiro atoms. The monoisotopic (exact) mass is 284 g/mol. The Hall–Kier alpha value is 0.120. The molecule has 1 aliphatic rings. The van der Waals surface area contributed by atoms with Gasteiger partial charge in [-0.3, -0.25) is 8.32 Å². The van der Waals surface area contributed by atoms with Gasteiger partial charge in [0.1, 0.15) is 0 Å². The fourth-order valence-corrected chi connectivity index (χ4v) is 1.84. The zero-order valence-electron chi connectivity index (χ0n) is 7.05. The summed E-state index contributed by atoms with van der Waals surface area (Å²) in [4.78, 5) is 13.0. The molecular formula is C7H13IN2O2. The van der Waals surface area contributed by atoms with Gasteiger partial charge in [0.25, 0.3) is 0 Å². The largest absolute Gasteiger partial charge is 0.377 e. The van der Waals surface area contributed by atoms with E-state index in [1.54, 1.807) is 6.92 Å². The van der Waals surface area contributed by atoms with Gasteiger partial charge in [0.2, 0.25) is 5.91 Å². The van der Waals surface area contributed by atoms with Crippen LogP contribution < -0.4 is 3.53 Å². The summed E-state index contributed by atoms with van der Waals surface area (Å²) in [5.41, 5.74) is 0. The first-order valence-electron chi connectivity index (χ1n) is 3.94. The number of nitrogens with zero attached hydrogens (tertiary/aromatic N) is 1. The highest BCUT2D eigenvalue weighted by Crippen LogP contribution is 2.06. The molecule has 1 unspecified atom stereocenters. The van der Waals surface area contributed by atoms with E-state index in [2.05, 4.69) is 26.4 Å². The van der Waals surface area contributed by atoms with Crippen LogP contribution in [-0.2, 0) is 9.53 Å². The first-order valence-corrected chi connectivity index (χ1v) is 5.02. The Bertz CT molecular complexity index is 163. The molecule has 0 aromatic carbocycles. The summed E-state index contributed by atoms with van der Waals surface area (Å²) >= 11 is 2.08. The number of carbonyl (C=O) groups is 1. The molecule has 0 aliphatic carbocycles. The number of halogens is 1. The first kappa shape index (κ1) is 10.2. The van der Waals surface area contributed by atoms with E-state index in [1.807, 2.05) is 4.90 Å². The number of amides is 1. The minimum atomic E-state index is 0.134. The standard InChI is InChI=1S/C7H13IN2O2/c1-6(11)10-2-3-12-5-7(10)4-9-8/h7,9H,2-5H2,1H3. The molecular weight excluding hydrogens is 271 g/mol. The Morgan fingerprint density at radius 1 is 1.83 bits per heavy atom. The van der Waals surface area contributed by atoms with E-state index in [0.29, 0.717) is 13.2 Å². The van der Waals surface area contributed by atoms with Crippen molar-refractivity contribution in [3.05, 3.63) is 0 Å². The average molecular weight is 284 g/mol. The Morgan fingerprint density at radius 2 is 2.58 bits per heavy atom. The second-order valence-electron chi connectivity index (χ2n) is 2.78. The Balaban J connectivity index is 2.48. The quantitative estimate of drug-likeness (QED) is 0.581. The van der Waals surface area contributed by atoms with Crippen LogP contribution in [0.25, 0.3) is 0 Å². The number of morpholine rings is 1. The molecule has 1 heterocycles. The molecule has 0 saturated carbocycles. The molecule has 0 radical (unpaired) electrons. The van der Waals surface area contributed by atoms with Gasteiger partial charge in [0.05, 0.1) is 19.3 Å². The number of hydrogen-bond acceptors (Lipinski definition) is 3. The Morgan fingerprint density at radius 3 is 3.17 bits per heavy atom. The molecule has 0 aromatic rings. The third kappa shape index (κ3) is 2.56. The number of rotatable bonds is 2. The second-order valence-corrected chi connectivity index (χ2v) is 3.54. The van der Waals surface area contributed by atoms with Crippen molar-refractivity contribution in [3.63, 3.8) is 0 Å². The second kappa shape index (κ2) is 4.98. The van der Waals surface area contributed by atoms with Crippen molar-refractivity contribution < 1.29 is 9.53 Å². The number of carbonyl (C=O) groups excluding carboxylic acids is 1. The maximum atomic E-state index is 11.1. The average Bonchev–Trinajstić information content (AvgIpc) is 2.05. The van der Waals surface area contributed by atoms with Crippen molar-refractivity contribution in [2.45, 2.75) is 13.0 Å². The molecule has 1 saturated heterocycles. The van der Waals surface area contributed by atoms with Gasteiger partial charge in [-0.05, 0) is 0 Å². The van der Waals surface area contributed by atoms with Crippen LogP contribution in [0.2, 0.25) is 0 Å². The van der Waals surface area contributed by atoms with Gasteiger partial charge in [-0.2, -0.15) is 0 Å². The summed E-state index contributed by atoms with van der Waals surface area (Å²) < 4.78 is 8.30. The maximum Gasteiger partial charge on any atom is 0.219 e. The van der Waals surface area contributed by atoms with Crippen LogP contribution in [0.15, 0.2) is 0 Å². The first-order chi connectivity index (χ1) is 5.75. The van der Waals surface area contributed by atoms with Gasteiger partial charge in [-0.25, -0.2) is 0 Å². The summed E-state index contributed by atoms with van der Waals surface area (Å²) in [5.74, 6) is 0.134. The molecule has 12 heavy (non-hydrogen) atoms. The smallest absolute Gasteiger partial charge is 0.219 e.